The van der Waals surface area contributed by atoms with Crippen LogP contribution in [0.2, 0.25) is 0 Å². The van der Waals surface area contributed by atoms with E-state index < -0.39 is 0 Å². The van der Waals surface area contributed by atoms with E-state index in [9.17, 15) is 4.79 Å². The molecule has 0 unspecified atom stereocenters. The first-order valence-corrected chi connectivity index (χ1v) is 7.25. The summed E-state index contributed by atoms with van der Waals surface area (Å²) in [5.74, 6) is 0. The van der Waals surface area contributed by atoms with Crippen LogP contribution in [0.25, 0.3) is 0 Å². The van der Waals surface area contributed by atoms with Crippen LogP contribution in [0.5, 0.6) is 0 Å². The molecule has 0 spiro atoms. The Hall–Kier alpha value is -1.61. The summed E-state index contributed by atoms with van der Waals surface area (Å²) in [4.78, 5) is 10.1. The summed E-state index contributed by atoms with van der Waals surface area (Å²) in [7, 11) is 0. The van der Waals surface area contributed by atoms with Gasteiger partial charge in [-0.2, -0.15) is 0 Å². The summed E-state index contributed by atoms with van der Waals surface area (Å²) in [6, 6.07) is 10.0. The van der Waals surface area contributed by atoms with Crippen molar-refractivity contribution in [3.63, 3.8) is 0 Å². The van der Waals surface area contributed by atoms with Crippen molar-refractivity contribution in [3.8, 4) is 0 Å². The average molecular weight is 276 g/mol. The van der Waals surface area contributed by atoms with Crippen molar-refractivity contribution in [2.45, 2.75) is 45.1 Å². The Morgan fingerprint density at radius 3 is 2.45 bits per heavy atom. The third-order valence-electron chi connectivity index (χ3n) is 2.90. The van der Waals surface area contributed by atoms with Crippen LogP contribution in [0.15, 0.2) is 42.7 Å². The van der Waals surface area contributed by atoms with Gasteiger partial charge in [0.1, 0.15) is 6.29 Å². The molecule has 20 heavy (non-hydrogen) atoms. The Bertz CT molecular complexity index is 360. The summed E-state index contributed by atoms with van der Waals surface area (Å²) in [6.45, 7) is 0.857. The molecule has 1 rings (SSSR count). The number of benzene rings is 1. The summed E-state index contributed by atoms with van der Waals surface area (Å²) < 4.78 is 10.6. The molecule has 1 aromatic carbocycles. The highest BCUT2D eigenvalue weighted by Gasteiger charge is 1.90. The lowest BCUT2D eigenvalue weighted by molar-refractivity contribution is -0.107. The summed E-state index contributed by atoms with van der Waals surface area (Å²) in [6.07, 6.45) is 10.9. The van der Waals surface area contributed by atoms with Crippen LogP contribution in [0.3, 0.4) is 0 Å². The van der Waals surface area contributed by atoms with Crippen molar-refractivity contribution < 1.29 is 14.3 Å². The number of allylic oxidation sites excluding steroid dienone is 1. The third kappa shape index (κ3) is 9.34. The largest absolute Gasteiger partial charge is 0.475 e. The maximum Gasteiger partial charge on any atom is 0.188 e. The quantitative estimate of drug-likeness (QED) is 0.248. The number of hydrogen-bond donors (Lipinski definition) is 0. The highest BCUT2D eigenvalue weighted by atomic mass is 16.7. The minimum absolute atomic E-state index is 0.282. The molecule has 0 saturated carbocycles. The van der Waals surface area contributed by atoms with Gasteiger partial charge < -0.3 is 14.3 Å². The monoisotopic (exact) mass is 276 g/mol. The molecule has 110 valence electrons. The van der Waals surface area contributed by atoms with Gasteiger partial charge in [0.25, 0.3) is 0 Å². The molecule has 3 nitrogen and oxygen atoms in total. The van der Waals surface area contributed by atoms with Gasteiger partial charge in [-0.05, 0) is 30.9 Å². The van der Waals surface area contributed by atoms with E-state index in [1.807, 2.05) is 36.4 Å². The lowest BCUT2D eigenvalue weighted by Crippen LogP contribution is -1.96. The number of ether oxygens (including phenoxy) is 2. The first kappa shape index (κ1) is 16.4. The zero-order valence-corrected chi connectivity index (χ0v) is 12.0. The van der Waals surface area contributed by atoms with Gasteiger partial charge in [0.2, 0.25) is 0 Å². The fourth-order valence-corrected chi connectivity index (χ4v) is 1.80. The molecule has 0 radical (unpaired) electrons. The highest BCUT2D eigenvalue weighted by Crippen LogP contribution is 2.05. The zero-order chi connectivity index (χ0) is 14.3. The lowest BCUT2D eigenvalue weighted by Gasteiger charge is -2.03. The molecule has 0 aromatic heterocycles. The van der Waals surface area contributed by atoms with Gasteiger partial charge in [-0.15, -0.1) is 0 Å². The van der Waals surface area contributed by atoms with Gasteiger partial charge in [-0.25, -0.2) is 0 Å². The van der Waals surface area contributed by atoms with Gasteiger partial charge in [0, 0.05) is 6.42 Å². The number of hydrogen-bond acceptors (Lipinski definition) is 3. The molecule has 0 aliphatic carbocycles. The Morgan fingerprint density at radius 2 is 1.70 bits per heavy atom. The van der Waals surface area contributed by atoms with Crippen LogP contribution >= 0.6 is 0 Å². The number of aldehydes is 1. The summed E-state index contributed by atoms with van der Waals surface area (Å²) >= 11 is 0. The molecular weight excluding hydrogens is 252 g/mol. The molecular formula is C17H24O3. The van der Waals surface area contributed by atoms with Gasteiger partial charge in [-0.1, -0.05) is 43.2 Å². The van der Waals surface area contributed by atoms with E-state index in [0.29, 0.717) is 13.0 Å². The van der Waals surface area contributed by atoms with E-state index in [0.717, 1.165) is 37.5 Å². The van der Waals surface area contributed by atoms with Crippen LogP contribution in [-0.2, 0) is 20.9 Å². The summed E-state index contributed by atoms with van der Waals surface area (Å²) in [5.41, 5.74) is 1.15. The Balaban J connectivity index is 1.86. The Morgan fingerprint density at radius 1 is 0.950 bits per heavy atom. The molecule has 0 amide bonds. The average Bonchev–Trinajstić information content (AvgIpc) is 2.49. The molecule has 0 atom stereocenters. The van der Waals surface area contributed by atoms with Gasteiger partial charge in [0.15, 0.2) is 6.79 Å². The molecule has 0 N–H and O–H groups in total. The van der Waals surface area contributed by atoms with E-state index in [1.165, 1.54) is 6.42 Å². The van der Waals surface area contributed by atoms with Crippen LogP contribution in [0.1, 0.15) is 44.1 Å². The van der Waals surface area contributed by atoms with Gasteiger partial charge >= 0.3 is 0 Å². The summed E-state index contributed by atoms with van der Waals surface area (Å²) in [5, 5.41) is 0. The van der Waals surface area contributed by atoms with Crippen molar-refractivity contribution in [1.29, 1.82) is 0 Å². The predicted molar refractivity (Wildman–Crippen MR) is 80.1 cm³/mol. The highest BCUT2D eigenvalue weighted by molar-refractivity contribution is 5.48. The second-order valence-electron chi connectivity index (χ2n) is 4.65. The first-order valence-electron chi connectivity index (χ1n) is 7.25. The van der Waals surface area contributed by atoms with Crippen LogP contribution < -0.4 is 0 Å². The van der Waals surface area contributed by atoms with E-state index in [2.05, 4.69) is 0 Å². The number of unbranched alkanes of at least 4 members (excludes halogenated alkanes) is 5. The van der Waals surface area contributed by atoms with Crippen LogP contribution in [0.4, 0.5) is 0 Å². The van der Waals surface area contributed by atoms with Crippen LogP contribution in [-0.4, -0.2) is 13.1 Å². The lowest BCUT2D eigenvalue weighted by atomic mass is 10.1. The van der Waals surface area contributed by atoms with Gasteiger partial charge in [0.05, 0.1) is 12.9 Å². The standard InChI is InChI=1S/C17H24O3/c18-13-9-4-2-1-3-5-10-14-19-16-20-15-17-11-7-6-8-12-17/h6-8,10-14H,1-5,9,15-16H2. The molecule has 0 heterocycles. The SMILES string of the molecule is O=CCCCCCCC=COCOCc1ccccc1. The van der Waals surface area contributed by atoms with Crippen molar-refractivity contribution in [3.05, 3.63) is 48.2 Å². The van der Waals surface area contributed by atoms with Gasteiger partial charge in [-0.3, -0.25) is 0 Å². The third-order valence-corrected chi connectivity index (χ3v) is 2.90. The first-order chi connectivity index (χ1) is 9.93. The zero-order valence-electron chi connectivity index (χ0n) is 12.0. The Labute approximate surface area is 121 Å². The molecule has 0 bridgehead atoms. The molecule has 1 aromatic rings. The second kappa shape index (κ2) is 12.4. The van der Waals surface area contributed by atoms with E-state index in [-0.39, 0.29) is 6.79 Å². The molecule has 0 fully saturated rings. The molecule has 3 heteroatoms. The van der Waals surface area contributed by atoms with E-state index in [1.54, 1.807) is 6.26 Å². The minimum atomic E-state index is 0.282. The Kier molecular flexibility index (Phi) is 10.2. The molecule has 0 aliphatic heterocycles. The molecule has 0 aliphatic rings. The normalized spacial score (nSPS) is 10.8. The van der Waals surface area contributed by atoms with Crippen molar-refractivity contribution >= 4 is 6.29 Å². The minimum Gasteiger partial charge on any atom is -0.475 e. The van der Waals surface area contributed by atoms with Crippen molar-refractivity contribution in [2.75, 3.05) is 6.79 Å². The topological polar surface area (TPSA) is 35.5 Å². The van der Waals surface area contributed by atoms with E-state index in [4.69, 9.17) is 9.47 Å². The van der Waals surface area contributed by atoms with Crippen molar-refractivity contribution in [1.82, 2.24) is 0 Å². The number of carbonyl (C=O) groups is 1. The fraction of sp³-hybridized carbons (Fsp3) is 0.471. The second-order valence-corrected chi connectivity index (χ2v) is 4.65. The fourth-order valence-electron chi connectivity index (χ4n) is 1.80. The maximum absolute atomic E-state index is 10.1. The number of carbonyl (C=O) groups excluding carboxylic acids is 1. The molecule has 0 saturated heterocycles. The smallest absolute Gasteiger partial charge is 0.188 e. The van der Waals surface area contributed by atoms with Crippen molar-refractivity contribution in [2.24, 2.45) is 0 Å². The predicted octanol–water partition coefficient (Wildman–Crippen LogP) is 4.23. The number of rotatable bonds is 12. The van der Waals surface area contributed by atoms with Crippen LogP contribution in [0, 0.1) is 0 Å². The maximum atomic E-state index is 10.1. The van der Waals surface area contributed by atoms with E-state index >= 15 is 0 Å².